The molecule has 3 heteroatoms. The van der Waals surface area contributed by atoms with Crippen molar-refractivity contribution in [1.82, 2.24) is 4.57 Å². The van der Waals surface area contributed by atoms with Gasteiger partial charge >= 0.3 is 0 Å². The molecule has 0 amide bonds. The standard InChI is InChI=1S/C61H42N2O/c1-61(2)52-25-10-5-20-45(52)46-33-31-42(38-53(46)61)41-18-15-19-43(37-41)62(44-32-30-39-16-3-4-17-40(39)36-44)57-35-34-50-49-23-9-14-29-58(49)64-60(50)59(57)51-24-8-13-28-56(51)63-54-26-11-6-21-47(54)48-22-7-12-27-55(48)63/h3-38H,1-2H3. The van der Waals surface area contributed by atoms with E-state index in [2.05, 4.69) is 242 Å². The highest BCUT2D eigenvalue weighted by atomic mass is 16.3. The van der Waals surface area contributed by atoms with Gasteiger partial charge in [-0.2, -0.15) is 0 Å². The summed E-state index contributed by atoms with van der Waals surface area (Å²) in [7, 11) is 0. The van der Waals surface area contributed by atoms with Gasteiger partial charge < -0.3 is 13.9 Å². The van der Waals surface area contributed by atoms with Crippen LogP contribution in [-0.2, 0) is 5.41 Å². The summed E-state index contributed by atoms with van der Waals surface area (Å²) in [6.07, 6.45) is 0. The van der Waals surface area contributed by atoms with E-state index < -0.39 is 0 Å². The minimum Gasteiger partial charge on any atom is -0.455 e. The third kappa shape index (κ3) is 5.41. The Bertz CT molecular complexity index is 3790. The maximum Gasteiger partial charge on any atom is 0.145 e. The van der Waals surface area contributed by atoms with E-state index in [1.807, 2.05) is 0 Å². The minimum absolute atomic E-state index is 0.0999. The molecule has 1 aliphatic carbocycles. The van der Waals surface area contributed by atoms with Gasteiger partial charge in [0.2, 0.25) is 0 Å². The van der Waals surface area contributed by atoms with Crippen molar-refractivity contribution in [2.45, 2.75) is 19.3 Å². The van der Waals surface area contributed by atoms with Gasteiger partial charge in [-0.25, -0.2) is 0 Å². The number of hydrogen-bond donors (Lipinski definition) is 0. The van der Waals surface area contributed by atoms with E-state index in [4.69, 9.17) is 4.42 Å². The van der Waals surface area contributed by atoms with E-state index in [9.17, 15) is 0 Å². The van der Waals surface area contributed by atoms with Crippen molar-refractivity contribution in [3.63, 3.8) is 0 Å². The van der Waals surface area contributed by atoms with Gasteiger partial charge in [-0.15, -0.1) is 0 Å². The molecular weight excluding hydrogens is 777 g/mol. The van der Waals surface area contributed by atoms with Crippen molar-refractivity contribution in [2.24, 2.45) is 0 Å². The van der Waals surface area contributed by atoms with E-state index in [-0.39, 0.29) is 5.41 Å². The second-order valence-electron chi connectivity index (χ2n) is 17.7. The molecule has 0 saturated heterocycles. The molecule has 0 saturated carbocycles. The Kier molecular flexibility index (Phi) is 7.95. The average Bonchev–Trinajstić information content (AvgIpc) is 3.97. The van der Waals surface area contributed by atoms with Gasteiger partial charge in [0, 0.05) is 43.9 Å². The molecule has 1 aliphatic rings. The summed E-state index contributed by atoms with van der Waals surface area (Å²) in [5.74, 6) is 0. The van der Waals surface area contributed by atoms with Crippen LogP contribution in [0.15, 0.2) is 223 Å². The normalized spacial score (nSPS) is 13.0. The van der Waals surface area contributed by atoms with Gasteiger partial charge in [0.25, 0.3) is 0 Å². The van der Waals surface area contributed by atoms with E-state index in [0.717, 1.165) is 72.4 Å². The number of benzene rings is 10. The summed E-state index contributed by atoms with van der Waals surface area (Å²) in [6, 6.07) is 79.7. The fourth-order valence-corrected chi connectivity index (χ4v) is 10.7. The van der Waals surface area contributed by atoms with Crippen LogP contribution in [0.3, 0.4) is 0 Å². The van der Waals surface area contributed by atoms with Crippen LogP contribution < -0.4 is 4.90 Å². The number of fused-ring (bicyclic) bond motifs is 10. The molecule has 12 aromatic rings. The highest BCUT2D eigenvalue weighted by molar-refractivity contribution is 6.15. The molecule has 0 unspecified atom stereocenters. The Morgan fingerprint density at radius 3 is 1.89 bits per heavy atom. The molecule has 0 spiro atoms. The summed E-state index contributed by atoms with van der Waals surface area (Å²) in [4.78, 5) is 2.44. The summed E-state index contributed by atoms with van der Waals surface area (Å²) in [5.41, 5.74) is 18.0. The zero-order valence-corrected chi connectivity index (χ0v) is 35.6. The van der Waals surface area contributed by atoms with Crippen molar-refractivity contribution >= 4 is 71.6 Å². The number of furan rings is 1. The Balaban J connectivity index is 1.09. The van der Waals surface area contributed by atoms with Crippen LogP contribution in [0.25, 0.3) is 93.6 Å². The quantitative estimate of drug-likeness (QED) is 0.167. The summed E-state index contributed by atoms with van der Waals surface area (Å²) >= 11 is 0. The smallest absolute Gasteiger partial charge is 0.145 e. The molecule has 0 radical (unpaired) electrons. The third-order valence-electron chi connectivity index (χ3n) is 13.8. The molecule has 302 valence electrons. The topological polar surface area (TPSA) is 21.3 Å². The van der Waals surface area contributed by atoms with E-state index in [1.165, 1.54) is 49.4 Å². The molecule has 0 bridgehead atoms. The number of nitrogens with zero attached hydrogens (tertiary/aromatic N) is 2. The molecular formula is C61H42N2O. The maximum atomic E-state index is 7.06. The van der Waals surface area contributed by atoms with E-state index >= 15 is 0 Å². The molecule has 0 fully saturated rings. The molecule has 10 aromatic carbocycles. The average molecular weight is 819 g/mol. The van der Waals surface area contributed by atoms with Gasteiger partial charge in [0.15, 0.2) is 0 Å². The lowest BCUT2D eigenvalue weighted by Crippen LogP contribution is -2.15. The largest absolute Gasteiger partial charge is 0.455 e. The van der Waals surface area contributed by atoms with Crippen LogP contribution in [-0.4, -0.2) is 4.57 Å². The molecule has 0 N–H and O–H groups in total. The predicted molar refractivity (Wildman–Crippen MR) is 269 cm³/mol. The van der Waals surface area contributed by atoms with E-state index in [0.29, 0.717) is 0 Å². The minimum atomic E-state index is -0.0999. The highest BCUT2D eigenvalue weighted by Crippen LogP contribution is 2.52. The lowest BCUT2D eigenvalue weighted by atomic mass is 9.81. The van der Waals surface area contributed by atoms with E-state index in [1.54, 1.807) is 0 Å². The Labute approximate surface area is 371 Å². The van der Waals surface area contributed by atoms with Gasteiger partial charge in [-0.1, -0.05) is 166 Å². The zero-order chi connectivity index (χ0) is 42.5. The van der Waals surface area contributed by atoms with Gasteiger partial charge in [-0.05, 0) is 111 Å². The first kappa shape index (κ1) is 36.5. The van der Waals surface area contributed by atoms with Crippen LogP contribution in [0.5, 0.6) is 0 Å². The van der Waals surface area contributed by atoms with Crippen LogP contribution in [0.2, 0.25) is 0 Å². The Morgan fingerprint density at radius 1 is 0.422 bits per heavy atom. The molecule has 2 aromatic heterocycles. The highest BCUT2D eigenvalue weighted by Gasteiger charge is 2.35. The lowest BCUT2D eigenvalue weighted by Gasteiger charge is -2.29. The zero-order valence-electron chi connectivity index (χ0n) is 35.6. The molecule has 64 heavy (non-hydrogen) atoms. The van der Waals surface area contributed by atoms with Crippen LogP contribution in [0.4, 0.5) is 17.1 Å². The Hall–Kier alpha value is -8.14. The predicted octanol–water partition coefficient (Wildman–Crippen LogP) is 16.9. The molecule has 0 atom stereocenters. The van der Waals surface area contributed by atoms with Crippen LogP contribution in [0.1, 0.15) is 25.0 Å². The second-order valence-corrected chi connectivity index (χ2v) is 17.7. The van der Waals surface area contributed by atoms with Gasteiger partial charge in [0.1, 0.15) is 11.2 Å². The Morgan fingerprint density at radius 2 is 1.06 bits per heavy atom. The number of hydrogen-bond acceptors (Lipinski definition) is 2. The summed E-state index contributed by atoms with van der Waals surface area (Å²) in [5, 5.41) is 7.01. The fourth-order valence-electron chi connectivity index (χ4n) is 10.7. The summed E-state index contributed by atoms with van der Waals surface area (Å²) < 4.78 is 9.49. The lowest BCUT2D eigenvalue weighted by molar-refractivity contribution is 0.660. The monoisotopic (exact) mass is 818 g/mol. The number of aromatic nitrogens is 1. The number of rotatable bonds is 6. The van der Waals surface area contributed by atoms with Crippen molar-refractivity contribution in [3.8, 4) is 39.1 Å². The van der Waals surface area contributed by atoms with Crippen molar-refractivity contribution in [3.05, 3.63) is 230 Å². The van der Waals surface area contributed by atoms with Crippen LogP contribution >= 0.6 is 0 Å². The number of para-hydroxylation sites is 4. The first-order valence-electron chi connectivity index (χ1n) is 22.2. The maximum absolute atomic E-state index is 7.06. The van der Waals surface area contributed by atoms with Crippen molar-refractivity contribution in [2.75, 3.05) is 4.90 Å². The van der Waals surface area contributed by atoms with Crippen molar-refractivity contribution in [1.29, 1.82) is 0 Å². The molecule has 3 nitrogen and oxygen atoms in total. The SMILES string of the molecule is CC1(C)c2ccccc2-c2ccc(-c3cccc(N(c4ccc5ccccc5c4)c4ccc5c(oc6ccccc65)c4-c4ccccc4-n4c5ccccc5c5ccccc54)c3)cc21. The third-order valence-corrected chi connectivity index (χ3v) is 13.8. The van der Waals surface area contributed by atoms with Gasteiger partial charge in [0.05, 0.1) is 28.0 Å². The first-order chi connectivity index (χ1) is 31.5. The number of anilines is 3. The molecule has 13 rings (SSSR count). The molecule has 2 heterocycles. The second kappa shape index (κ2) is 13.9. The first-order valence-corrected chi connectivity index (χ1v) is 22.2. The van der Waals surface area contributed by atoms with Crippen LogP contribution in [0, 0.1) is 0 Å². The fraction of sp³-hybridized carbons (Fsp3) is 0.0492. The van der Waals surface area contributed by atoms with Gasteiger partial charge in [-0.3, -0.25) is 0 Å². The molecule has 0 aliphatic heterocycles. The van der Waals surface area contributed by atoms with Crippen molar-refractivity contribution < 1.29 is 4.42 Å². The summed E-state index contributed by atoms with van der Waals surface area (Å²) in [6.45, 7) is 4.71.